The Morgan fingerprint density at radius 1 is 1.12 bits per heavy atom. The molecule has 2 atom stereocenters. The summed E-state index contributed by atoms with van der Waals surface area (Å²) < 4.78 is 68.0. The first-order valence-corrected chi connectivity index (χ1v) is 9.62. The number of halogens is 3. The minimum absolute atomic E-state index is 0.00372. The molecule has 1 saturated heterocycles. The predicted octanol–water partition coefficient (Wildman–Crippen LogP) is 4.17. The first-order chi connectivity index (χ1) is 11.3. The molecular weight excluding hydrogens is 355 g/mol. The molecular formula is C17H22F3NO3S. The zero-order valence-corrected chi connectivity index (χ0v) is 15.2. The van der Waals surface area contributed by atoms with Gasteiger partial charge in [0.2, 0.25) is 10.0 Å². The molecule has 2 unspecified atom stereocenters. The van der Waals surface area contributed by atoms with Gasteiger partial charge in [0.15, 0.2) is 0 Å². The molecule has 1 aliphatic carbocycles. The van der Waals surface area contributed by atoms with E-state index in [-0.39, 0.29) is 21.8 Å². The van der Waals surface area contributed by atoms with Crippen molar-refractivity contribution >= 4 is 10.0 Å². The lowest BCUT2D eigenvalue weighted by molar-refractivity contribution is -0.274. The fraction of sp³-hybridized carbons (Fsp3) is 0.647. The van der Waals surface area contributed by atoms with Gasteiger partial charge in [-0.3, -0.25) is 0 Å². The van der Waals surface area contributed by atoms with E-state index in [1.165, 1.54) is 16.4 Å². The summed E-state index contributed by atoms with van der Waals surface area (Å²) in [5.74, 6) is -0.431. The number of ether oxygens (including phenoxy) is 1. The van der Waals surface area contributed by atoms with Crippen molar-refractivity contribution < 1.29 is 26.3 Å². The number of hydrogen-bond acceptors (Lipinski definition) is 3. The number of nitrogens with zero attached hydrogens (tertiary/aromatic N) is 1. The molecule has 1 saturated carbocycles. The molecule has 0 aromatic heterocycles. The Morgan fingerprint density at radius 3 is 2.28 bits per heavy atom. The maximum absolute atomic E-state index is 13.0. The van der Waals surface area contributed by atoms with Crippen LogP contribution >= 0.6 is 0 Å². The van der Waals surface area contributed by atoms with Crippen LogP contribution in [-0.4, -0.2) is 31.7 Å². The second-order valence-electron chi connectivity index (χ2n) is 8.28. The molecule has 1 aliphatic heterocycles. The van der Waals surface area contributed by atoms with Crippen LogP contribution in [0.15, 0.2) is 29.2 Å². The van der Waals surface area contributed by atoms with Crippen molar-refractivity contribution in [2.45, 2.75) is 57.3 Å². The molecule has 1 aromatic carbocycles. The van der Waals surface area contributed by atoms with Crippen molar-refractivity contribution in [3.05, 3.63) is 24.3 Å². The summed E-state index contributed by atoms with van der Waals surface area (Å²) in [4.78, 5) is -0.00372. The average molecular weight is 377 g/mol. The fourth-order valence-corrected chi connectivity index (χ4v) is 6.41. The maximum atomic E-state index is 13.0. The first-order valence-electron chi connectivity index (χ1n) is 8.18. The topological polar surface area (TPSA) is 46.6 Å². The van der Waals surface area contributed by atoms with E-state index >= 15 is 0 Å². The van der Waals surface area contributed by atoms with Crippen LogP contribution in [0.25, 0.3) is 0 Å². The fourth-order valence-electron chi connectivity index (χ4n) is 4.64. The van der Waals surface area contributed by atoms with Crippen molar-refractivity contribution in [1.82, 2.24) is 4.31 Å². The van der Waals surface area contributed by atoms with Gasteiger partial charge in [0, 0.05) is 12.6 Å². The van der Waals surface area contributed by atoms with E-state index in [4.69, 9.17) is 0 Å². The normalized spacial score (nSPS) is 29.6. The van der Waals surface area contributed by atoms with Crippen molar-refractivity contribution in [2.24, 2.45) is 10.8 Å². The van der Waals surface area contributed by atoms with Gasteiger partial charge in [-0.25, -0.2) is 8.42 Å². The largest absolute Gasteiger partial charge is 0.573 e. The monoisotopic (exact) mass is 377 g/mol. The molecule has 2 bridgehead atoms. The molecule has 140 valence electrons. The number of rotatable bonds is 3. The average Bonchev–Trinajstić information content (AvgIpc) is 2.67. The van der Waals surface area contributed by atoms with E-state index in [1.807, 2.05) is 0 Å². The van der Waals surface area contributed by atoms with Gasteiger partial charge in [0.1, 0.15) is 5.75 Å². The lowest BCUT2D eigenvalue weighted by atomic mass is 9.65. The standard InChI is InChI=1S/C17H22F3NO3S/c1-15(2)8-12-9-16(3,10-15)11-21(12)25(22,23)14-6-4-13(5-7-14)24-17(18,19)20/h4-7,12H,8-11H2,1-3H3. The van der Waals surface area contributed by atoms with Crippen LogP contribution < -0.4 is 4.74 Å². The second kappa shape index (κ2) is 5.61. The van der Waals surface area contributed by atoms with E-state index in [9.17, 15) is 21.6 Å². The van der Waals surface area contributed by atoms with Crippen LogP contribution in [0.2, 0.25) is 0 Å². The van der Waals surface area contributed by atoms with Crippen molar-refractivity contribution in [1.29, 1.82) is 0 Å². The summed E-state index contributed by atoms with van der Waals surface area (Å²) in [5.41, 5.74) is 0.0190. The van der Waals surface area contributed by atoms with Crippen LogP contribution in [-0.2, 0) is 10.0 Å². The number of fused-ring (bicyclic) bond motifs is 2. The van der Waals surface area contributed by atoms with E-state index in [1.54, 1.807) is 0 Å². The van der Waals surface area contributed by atoms with Gasteiger partial charge in [-0.1, -0.05) is 20.8 Å². The number of alkyl halides is 3. The van der Waals surface area contributed by atoms with E-state index < -0.39 is 22.1 Å². The number of benzene rings is 1. The zero-order chi connectivity index (χ0) is 18.7. The summed E-state index contributed by atoms with van der Waals surface area (Å²) in [5, 5.41) is 0. The number of sulfonamides is 1. The van der Waals surface area contributed by atoms with E-state index in [0.29, 0.717) is 6.54 Å². The first kappa shape index (κ1) is 18.5. The summed E-state index contributed by atoms with van der Waals surface area (Å²) in [6, 6.07) is 4.35. The van der Waals surface area contributed by atoms with Crippen molar-refractivity contribution in [2.75, 3.05) is 6.54 Å². The molecule has 25 heavy (non-hydrogen) atoms. The summed E-state index contributed by atoms with van der Waals surface area (Å²) in [7, 11) is -3.75. The van der Waals surface area contributed by atoms with Crippen LogP contribution in [0.3, 0.4) is 0 Å². The summed E-state index contributed by atoms with van der Waals surface area (Å²) in [6.07, 6.45) is -2.23. The Morgan fingerprint density at radius 2 is 1.72 bits per heavy atom. The van der Waals surface area contributed by atoms with E-state index in [2.05, 4.69) is 25.5 Å². The molecule has 1 aromatic rings. The Balaban J connectivity index is 1.85. The molecule has 1 heterocycles. The lowest BCUT2D eigenvalue weighted by Crippen LogP contribution is -2.37. The van der Waals surface area contributed by atoms with Gasteiger partial charge >= 0.3 is 6.36 Å². The molecule has 4 nitrogen and oxygen atoms in total. The highest BCUT2D eigenvalue weighted by atomic mass is 32.2. The predicted molar refractivity (Wildman–Crippen MR) is 86.5 cm³/mol. The van der Waals surface area contributed by atoms with Gasteiger partial charge in [0.05, 0.1) is 4.90 Å². The highest BCUT2D eigenvalue weighted by molar-refractivity contribution is 7.89. The highest BCUT2D eigenvalue weighted by Gasteiger charge is 2.53. The molecule has 3 rings (SSSR count). The Kier molecular flexibility index (Phi) is 4.15. The Bertz CT molecular complexity index is 758. The summed E-state index contributed by atoms with van der Waals surface area (Å²) in [6.45, 7) is 6.86. The van der Waals surface area contributed by atoms with Crippen LogP contribution in [0.5, 0.6) is 5.75 Å². The second-order valence-corrected chi connectivity index (χ2v) is 10.2. The molecule has 2 aliphatic rings. The molecule has 0 amide bonds. The minimum Gasteiger partial charge on any atom is -0.406 e. The van der Waals surface area contributed by atoms with Gasteiger partial charge in [-0.05, 0) is 54.4 Å². The molecule has 0 radical (unpaired) electrons. The molecule has 2 fully saturated rings. The van der Waals surface area contributed by atoms with Crippen LogP contribution in [0.1, 0.15) is 40.0 Å². The molecule has 0 N–H and O–H groups in total. The minimum atomic E-state index is -4.80. The van der Waals surface area contributed by atoms with E-state index in [0.717, 1.165) is 31.4 Å². The lowest BCUT2D eigenvalue weighted by Gasteiger charge is -2.39. The highest BCUT2D eigenvalue weighted by Crippen LogP contribution is 2.53. The van der Waals surface area contributed by atoms with Crippen molar-refractivity contribution in [3.8, 4) is 5.75 Å². The maximum Gasteiger partial charge on any atom is 0.573 e. The molecule has 8 heteroatoms. The van der Waals surface area contributed by atoms with Crippen LogP contribution in [0.4, 0.5) is 13.2 Å². The third kappa shape index (κ3) is 3.79. The molecule has 0 spiro atoms. The Hall–Kier alpha value is -1.28. The van der Waals surface area contributed by atoms with Gasteiger partial charge in [-0.15, -0.1) is 13.2 Å². The van der Waals surface area contributed by atoms with Gasteiger partial charge < -0.3 is 4.74 Å². The number of hydrogen-bond donors (Lipinski definition) is 0. The van der Waals surface area contributed by atoms with Gasteiger partial charge in [-0.2, -0.15) is 4.31 Å². The zero-order valence-electron chi connectivity index (χ0n) is 14.4. The quantitative estimate of drug-likeness (QED) is 0.794. The van der Waals surface area contributed by atoms with Gasteiger partial charge in [0.25, 0.3) is 0 Å². The smallest absolute Gasteiger partial charge is 0.406 e. The third-order valence-corrected chi connectivity index (χ3v) is 6.94. The summed E-state index contributed by atoms with van der Waals surface area (Å²) >= 11 is 0. The van der Waals surface area contributed by atoms with Crippen molar-refractivity contribution in [3.63, 3.8) is 0 Å². The van der Waals surface area contributed by atoms with Crippen LogP contribution in [0, 0.1) is 10.8 Å². The Labute approximate surface area is 146 Å². The SMILES string of the molecule is CC1(C)CC2CC(C)(CN2S(=O)(=O)c2ccc(OC(F)(F)F)cc2)C1. The third-order valence-electron chi connectivity index (χ3n) is 5.03.